The summed E-state index contributed by atoms with van der Waals surface area (Å²) < 4.78 is 5.43. The molecule has 0 aliphatic carbocycles. The SMILES string of the molecule is Cc1nc(-c2ccncc2)nc(C)c1C(=O)N1CC2CN(CCC(NC(=O)C3CCOC3)c3ccccc3)CC2C1. The molecule has 9 nitrogen and oxygen atoms in total. The number of aryl methyl sites for hydroxylation is 2. The van der Waals surface area contributed by atoms with Gasteiger partial charge >= 0.3 is 0 Å². The number of benzene rings is 1. The molecule has 3 fully saturated rings. The molecule has 9 heteroatoms. The highest BCUT2D eigenvalue weighted by Gasteiger charge is 2.42. The Morgan fingerprint density at radius 2 is 1.66 bits per heavy atom. The summed E-state index contributed by atoms with van der Waals surface area (Å²) in [5.74, 6) is 1.60. The maximum Gasteiger partial charge on any atom is 0.257 e. The number of likely N-dealkylation sites (tertiary alicyclic amines) is 2. The molecule has 2 aromatic heterocycles. The van der Waals surface area contributed by atoms with Gasteiger partial charge in [0.2, 0.25) is 5.91 Å². The minimum Gasteiger partial charge on any atom is -0.381 e. The minimum atomic E-state index is -0.0552. The average molecular weight is 555 g/mol. The van der Waals surface area contributed by atoms with Crippen LogP contribution < -0.4 is 5.32 Å². The summed E-state index contributed by atoms with van der Waals surface area (Å²) in [6.45, 7) is 9.32. The number of pyridine rings is 1. The van der Waals surface area contributed by atoms with Gasteiger partial charge in [0, 0.05) is 57.3 Å². The number of nitrogens with zero attached hydrogens (tertiary/aromatic N) is 5. The van der Waals surface area contributed by atoms with Gasteiger partial charge in [-0.3, -0.25) is 14.6 Å². The van der Waals surface area contributed by atoms with Gasteiger partial charge in [0.25, 0.3) is 5.91 Å². The smallest absolute Gasteiger partial charge is 0.257 e. The summed E-state index contributed by atoms with van der Waals surface area (Å²) in [5, 5.41) is 3.30. The highest BCUT2D eigenvalue weighted by molar-refractivity contribution is 5.96. The molecule has 6 rings (SSSR count). The molecule has 41 heavy (non-hydrogen) atoms. The number of hydrogen-bond acceptors (Lipinski definition) is 7. The van der Waals surface area contributed by atoms with Gasteiger partial charge in [-0.1, -0.05) is 30.3 Å². The maximum absolute atomic E-state index is 13.6. The molecule has 0 saturated carbocycles. The molecule has 0 radical (unpaired) electrons. The third kappa shape index (κ3) is 6.01. The summed E-state index contributed by atoms with van der Waals surface area (Å²) in [7, 11) is 0. The van der Waals surface area contributed by atoms with Crippen LogP contribution in [0.15, 0.2) is 54.9 Å². The number of rotatable bonds is 8. The zero-order valence-electron chi connectivity index (χ0n) is 23.8. The number of carbonyl (C=O) groups excluding carboxylic acids is 2. The Hall–Kier alpha value is -3.69. The van der Waals surface area contributed by atoms with Crippen LogP contribution in [0.1, 0.15) is 46.2 Å². The number of fused-ring (bicyclic) bond motifs is 1. The summed E-state index contributed by atoms with van der Waals surface area (Å²) in [4.78, 5) is 44.4. The number of aromatic nitrogens is 3. The van der Waals surface area contributed by atoms with Crippen molar-refractivity contribution in [3.05, 3.63) is 77.4 Å². The zero-order valence-corrected chi connectivity index (χ0v) is 23.8. The van der Waals surface area contributed by atoms with E-state index in [-0.39, 0.29) is 23.8 Å². The van der Waals surface area contributed by atoms with Crippen molar-refractivity contribution in [2.75, 3.05) is 45.9 Å². The van der Waals surface area contributed by atoms with E-state index in [0.717, 1.165) is 56.7 Å². The Balaban J connectivity index is 1.06. The number of amides is 2. The number of carbonyl (C=O) groups is 2. The first-order valence-electron chi connectivity index (χ1n) is 14.7. The summed E-state index contributed by atoms with van der Waals surface area (Å²) >= 11 is 0. The van der Waals surface area contributed by atoms with E-state index in [9.17, 15) is 9.59 Å². The van der Waals surface area contributed by atoms with Crippen molar-refractivity contribution < 1.29 is 14.3 Å². The Labute approximate surface area is 241 Å². The van der Waals surface area contributed by atoms with Gasteiger partial charge in [-0.25, -0.2) is 9.97 Å². The topological polar surface area (TPSA) is 101 Å². The molecular weight excluding hydrogens is 516 g/mol. The van der Waals surface area contributed by atoms with Crippen LogP contribution in [0.5, 0.6) is 0 Å². The highest BCUT2D eigenvalue weighted by Crippen LogP contribution is 2.33. The van der Waals surface area contributed by atoms with Crippen molar-refractivity contribution in [3.63, 3.8) is 0 Å². The molecule has 4 unspecified atom stereocenters. The van der Waals surface area contributed by atoms with E-state index in [1.165, 1.54) is 0 Å². The van der Waals surface area contributed by atoms with Gasteiger partial charge in [-0.15, -0.1) is 0 Å². The summed E-state index contributed by atoms with van der Waals surface area (Å²) in [5.41, 5.74) is 4.08. The fraction of sp³-hybridized carbons (Fsp3) is 0.469. The fourth-order valence-corrected chi connectivity index (χ4v) is 6.60. The van der Waals surface area contributed by atoms with Gasteiger partial charge in [-0.05, 0) is 56.2 Å². The van der Waals surface area contributed by atoms with Crippen molar-refractivity contribution in [1.29, 1.82) is 0 Å². The van der Waals surface area contributed by atoms with E-state index < -0.39 is 0 Å². The van der Waals surface area contributed by atoms with E-state index in [1.54, 1.807) is 12.4 Å². The third-order valence-electron chi connectivity index (χ3n) is 8.83. The predicted octanol–water partition coefficient (Wildman–Crippen LogP) is 3.44. The molecule has 2 amide bonds. The molecular formula is C32H38N6O3. The number of nitrogens with one attached hydrogen (secondary N) is 1. The lowest BCUT2D eigenvalue weighted by Gasteiger charge is -2.26. The molecule has 1 N–H and O–H groups in total. The lowest BCUT2D eigenvalue weighted by atomic mass is 10.0. The second-order valence-electron chi connectivity index (χ2n) is 11.6. The summed E-state index contributed by atoms with van der Waals surface area (Å²) in [6.07, 6.45) is 5.08. The lowest BCUT2D eigenvalue weighted by molar-refractivity contribution is -0.125. The van der Waals surface area contributed by atoms with Crippen LogP contribution in [0, 0.1) is 31.6 Å². The van der Waals surface area contributed by atoms with Crippen LogP contribution in [0.4, 0.5) is 0 Å². The van der Waals surface area contributed by atoms with Crippen molar-refractivity contribution in [2.24, 2.45) is 17.8 Å². The molecule has 0 bridgehead atoms. The van der Waals surface area contributed by atoms with E-state index in [1.807, 2.05) is 49.1 Å². The van der Waals surface area contributed by atoms with Crippen molar-refractivity contribution in [3.8, 4) is 11.4 Å². The van der Waals surface area contributed by atoms with Crippen molar-refractivity contribution in [1.82, 2.24) is 30.1 Å². The Kier molecular flexibility index (Phi) is 8.07. The fourth-order valence-electron chi connectivity index (χ4n) is 6.60. The Morgan fingerprint density at radius 3 is 2.29 bits per heavy atom. The van der Waals surface area contributed by atoms with E-state index in [2.05, 4.69) is 37.3 Å². The van der Waals surface area contributed by atoms with Crippen molar-refractivity contribution in [2.45, 2.75) is 32.7 Å². The van der Waals surface area contributed by atoms with Crippen LogP contribution in [-0.4, -0.2) is 82.5 Å². The largest absolute Gasteiger partial charge is 0.381 e. The third-order valence-corrected chi connectivity index (χ3v) is 8.83. The van der Waals surface area contributed by atoms with Crippen LogP contribution in [0.3, 0.4) is 0 Å². The molecule has 3 aromatic rings. The van der Waals surface area contributed by atoms with Gasteiger partial charge < -0.3 is 19.9 Å². The molecule has 0 spiro atoms. The zero-order chi connectivity index (χ0) is 28.3. The van der Waals surface area contributed by atoms with E-state index in [0.29, 0.717) is 47.8 Å². The summed E-state index contributed by atoms with van der Waals surface area (Å²) in [6, 6.07) is 14.0. The van der Waals surface area contributed by atoms with Crippen LogP contribution >= 0.6 is 0 Å². The second-order valence-corrected chi connectivity index (χ2v) is 11.6. The molecule has 3 aliphatic rings. The van der Waals surface area contributed by atoms with Gasteiger partial charge in [-0.2, -0.15) is 0 Å². The van der Waals surface area contributed by atoms with Gasteiger partial charge in [0.1, 0.15) is 0 Å². The van der Waals surface area contributed by atoms with Gasteiger partial charge in [0.15, 0.2) is 5.82 Å². The minimum absolute atomic E-state index is 0.0242. The first kappa shape index (κ1) is 27.5. The molecule has 214 valence electrons. The standard InChI is InChI=1S/C32H38N6O3/c1-21-29(22(2)35-30(34-21)24-8-12-33-13-9-24)32(40)38-18-26-16-37(17-27(26)19-38)14-10-28(23-6-4-3-5-7-23)36-31(39)25-11-15-41-20-25/h3-9,12-13,25-28H,10-11,14-20H2,1-2H3,(H,36,39). The Bertz CT molecular complexity index is 1340. The van der Waals surface area contributed by atoms with Crippen LogP contribution in [0.2, 0.25) is 0 Å². The average Bonchev–Trinajstić information content (AvgIpc) is 3.73. The predicted molar refractivity (Wildman–Crippen MR) is 155 cm³/mol. The van der Waals surface area contributed by atoms with E-state index >= 15 is 0 Å². The lowest BCUT2D eigenvalue weighted by Crippen LogP contribution is -2.37. The molecule has 3 aliphatic heterocycles. The normalized spacial score (nSPS) is 23.0. The molecule has 4 atom stereocenters. The maximum atomic E-state index is 13.6. The molecule has 1 aromatic carbocycles. The first-order chi connectivity index (χ1) is 20.0. The monoisotopic (exact) mass is 554 g/mol. The quantitative estimate of drug-likeness (QED) is 0.455. The second kappa shape index (κ2) is 12.0. The van der Waals surface area contributed by atoms with Crippen LogP contribution in [-0.2, 0) is 9.53 Å². The highest BCUT2D eigenvalue weighted by atomic mass is 16.5. The molecule has 5 heterocycles. The first-order valence-corrected chi connectivity index (χ1v) is 14.7. The van der Waals surface area contributed by atoms with E-state index in [4.69, 9.17) is 4.74 Å². The molecule has 3 saturated heterocycles. The van der Waals surface area contributed by atoms with Crippen LogP contribution in [0.25, 0.3) is 11.4 Å². The van der Waals surface area contributed by atoms with Crippen molar-refractivity contribution >= 4 is 11.8 Å². The Morgan fingerprint density at radius 1 is 0.976 bits per heavy atom. The van der Waals surface area contributed by atoms with Gasteiger partial charge in [0.05, 0.1) is 35.5 Å². The number of hydrogen-bond donors (Lipinski definition) is 1. The number of ether oxygens (including phenoxy) is 1.